The van der Waals surface area contributed by atoms with Crippen LogP contribution >= 0.6 is 11.8 Å². The van der Waals surface area contributed by atoms with Crippen LogP contribution in [0.1, 0.15) is 76.6 Å². The number of benzene rings is 2. The number of hydrogen-bond acceptors (Lipinski definition) is 11. The van der Waals surface area contributed by atoms with E-state index in [9.17, 15) is 28.3 Å². The molecule has 0 saturated carbocycles. The number of aromatic hydroxyl groups is 1. The summed E-state index contributed by atoms with van der Waals surface area (Å²) in [5.41, 5.74) is 4.35. The molecule has 1 atom stereocenters. The van der Waals surface area contributed by atoms with E-state index in [1.54, 1.807) is 18.2 Å². The molecule has 282 valence electrons. The highest BCUT2D eigenvalue weighted by Crippen LogP contribution is 2.31. The minimum absolute atomic E-state index is 0.0447. The molecule has 4 rings (SSSR count). The van der Waals surface area contributed by atoms with Gasteiger partial charge in [0.2, 0.25) is 0 Å². The Morgan fingerprint density at radius 1 is 1.04 bits per heavy atom. The summed E-state index contributed by atoms with van der Waals surface area (Å²) in [6.07, 6.45) is 11.7. The van der Waals surface area contributed by atoms with E-state index < -0.39 is 32.8 Å². The second kappa shape index (κ2) is 19.7. The highest BCUT2D eigenvalue weighted by molar-refractivity contribution is 7.99. The fourth-order valence-electron chi connectivity index (χ4n) is 5.48. The number of allylic oxidation sites excluding steroid dienone is 5. The molecule has 0 bridgehead atoms. The van der Waals surface area contributed by atoms with E-state index in [-0.39, 0.29) is 34.7 Å². The smallest absolute Gasteiger partial charge is 0.415 e. The van der Waals surface area contributed by atoms with Crippen molar-refractivity contribution in [3.05, 3.63) is 94.2 Å². The molecule has 1 saturated heterocycles. The van der Waals surface area contributed by atoms with Crippen molar-refractivity contribution in [1.29, 1.82) is 0 Å². The summed E-state index contributed by atoms with van der Waals surface area (Å²) in [5.74, 6) is 4.35. The van der Waals surface area contributed by atoms with Crippen LogP contribution in [0.5, 0.6) is 11.6 Å². The average Bonchev–Trinajstić information content (AvgIpc) is 3.77. The van der Waals surface area contributed by atoms with Crippen LogP contribution in [-0.4, -0.2) is 67.0 Å². The van der Waals surface area contributed by atoms with Crippen LogP contribution in [0.4, 0.5) is 0 Å². The van der Waals surface area contributed by atoms with Crippen molar-refractivity contribution in [3.63, 3.8) is 0 Å². The predicted octanol–water partition coefficient (Wildman–Crippen LogP) is 6.59. The first-order chi connectivity index (χ1) is 25.4. The van der Waals surface area contributed by atoms with Gasteiger partial charge in [-0.15, -0.1) is 11.8 Å². The quantitative estimate of drug-likeness (QED) is 0.0551. The summed E-state index contributed by atoms with van der Waals surface area (Å²) in [6, 6.07) is 11.1. The molecule has 0 unspecified atom stereocenters. The summed E-state index contributed by atoms with van der Waals surface area (Å²) in [4.78, 5) is 28.5. The number of aromatic nitrogens is 2. The van der Waals surface area contributed by atoms with Crippen molar-refractivity contribution in [1.82, 2.24) is 10.1 Å². The van der Waals surface area contributed by atoms with Crippen molar-refractivity contribution in [2.75, 3.05) is 25.5 Å². The molecule has 1 fully saturated rings. The van der Waals surface area contributed by atoms with Gasteiger partial charge in [-0.1, -0.05) is 65.0 Å². The number of amides is 1. The number of hydrogen-bond donors (Lipinski definition) is 1. The lowest BCUT2D eigenvalue weighted by Gasteiger charge is -2.24. The number of carbonyl (C=O) groups is 2. The maximum atomic E-state index is 13.7. The molecule has 0 aliphatic carbocycles. The number of phenols is 1. The fraction of sp³-hybridized carbons (Fsp3) is 0.385. The van der Waals surface area contributed by atoms with Crippen molar-refractivity contribution >= 4 is 33.5 Å². The summed E-state index contributed by atoms with van der Waals surface area (Å²) in [7, 11) is -4.28. The largest absolute Gasteiger partial charge is 0.508 e. The average molecular weight is 764 g/mol. The van der Waals surface area contributed by atoms with Crippen LogP contribution < -0.4 is 9.64 Å². The molecule has 1 aromatic heterocycles. The van der Waals surface area contributed by atoms with Crippen molar-refractivity contribution in [2.24, 2.45) is 0 Å². The SMILES string of the molecule is CC(C)=CCC/C(C)=C/CC/C(C)=C/CSc1cc(O)ccc1C(=O)N1CCC[C@H]1C(=O)OCC#CCOc1no[n+]([O-])c1S(=O)(=O)c1ccccc1. The zero-order chi connectivity index (χ0) is 38.4. The van der Waals surface area contributed by atoms with Gasteiger partial charge in [0.05, 0.1) is 15.6 Å². The number of likely N-dealkylation sites (tertiary alicyclic amines) is 1. The first kappa shape index (κ1) is 40.8. The summed E-state index contributed by atoms with van der Waals surface area (Å²) >= 11 is 1.45. The first-order valence-electron chi connectivity index (χ1n) is 17.2. The Morgan fingerprint density at radius 3 is 2.47 bits per heavy atom. The molecule has 1 aliphatic rings. The van der Waals surface area contributed by atoms with E-state index in [4.69, 9.17) is 9.47 Å². The summed E-state index contributed by atoms with van der Waals surface area (Å²) in [5, 5.41) is 24.8. The number of rotatable bonds is 16. The van der Waals surface area contributed by atoms with E-state index in [2.05, 4.69) is 67.5 Å². The molecule has 14 heteroatoms. The standard InChI is InChI=1S/C39H45N3O9S2/c1-28(2)13-10-14-29(3)15-11-16-30(4)22-26-52-35-27-31(43)20-21-33(35)37(44)41-23-12-19-34(41)39(45)50-25-9-8-24-49-36-38(42(46)51-40-36)53(47,48)32-17-6-5-7-18-32/h5-7,13,15,17-18,20-22,27,34,43H,10-12,14,16,19,23-26H2,1-4H3/b29-15+,30-22+/t34-/m0/s1. The van der Waals surface area contributed by atoms with Crippen LogP contribution in [0.15, 0.2) is 103 Å². The lowest BCUT2D eigenvalue weighted by Crippen LogP contribution is -2.41. The monoisotopic (exact) mass is 763 g/mol. The zero-order valence-electron chi connectivity index (χ0n) is 30.4. The van der Waals surface area contributed by atoms with Gasteiger partial charge in [-0.25, -0.2) is 13.2 Å². The minimum Gasteiger partial charge on any atom is -0.508 e. The molecule has 0 radical (unpaired) electrons. The van der Waals surface area contributed by atoms with E-state index in [1.807, 2.05) is 0 Å². The van der Waals surface area contributed by atoms with Gasteiger partial charge in [0.25, 0.3) is 15.7 Å². The Hall–Kier alpha value is -5.00. The maximum absolute atomic E-state index is 13.7. The van der Waals surface area contributed by atoms with Crippen LogP contribution in [0, 0.1) is 17.0 Å². The van der Waals surface area contributed by atoms with Crippen LogP contribution in [0.25, 0.3) is 0 Å². The highest BCUT2D eigenvalue weighted by Gasteiger charge is 2.37. The van der Waals surface area contributed by atoms with Crippen molar-refractivity contribution in [2.45, 2.75) is 87.1 Å². The van der Waals surface area contributed by atoms with Gasteiger partial charge in [0.15, 0.2) is 13.2 Å². The van der Waals surface area contributed by atoms with Gasteiger partial charge in [-0.05, 0) is 101 Å². The zero-order valence-corrected chi connectivity index (χ0v) is 32.0. The van der Waals surface area contributed by atoms with Gasteiger partial charge in [0, 0.05) is 17.2 Å². The maximum Gasteiger partial charge on any atom is 0.415 e. The van der Waals surface area contributed by atoms with Gasteiger partial charge >= 0.3 is 16.9 Å². The van der Waals surface area contributed by atoms with Gasteiger partial charge in [-0.2, -0.15) is 0 Å². The van der Waals surface area contributed by atoms with Gasteiger partial charge in [0.1, 0.15) is 11.8 Å². The van der Waals surface area contributed by atoms with E-state index in [0.717, 1.165) is 25.7 Å². The molecule has 1 amide bonds. The van der Waals surface area contributed by atoms with Crippen LogP contribution in [-0.2, 0) is 19.4 Å². The second-order valence-corrected chi connectivity index (χ2v) is 15.6. The van der Waals surface area contributed by atoms with Crippen LogP contribution in [0.2, 0.25) is 0 Å². The molecule has 2 heterocycles. The topological polar surface area (TPSA) is 163 Å². The predicted molar refractivity (Wildman–Crippen MR) is 200 cm³/mol. The molecule has 53 heavy (non-hydrogen) atoms. The lowest BCUT2D eigenvalue weighted by atomic mass is 10.1. The number of phenolic OH excluding ortho intramolecular Hbond substituents is 1. The summed E-state index contributed by atoms with van der Waals surface area (Å²) < 4.78 is 40.8. The Labute approximate surface area is 315 Å². The molecule has 12 nitrogen and oxygen atoms in total. The minimum atomic E-state index is -4.28. The number of thioether (sulfide) groups is 1. The van der Waals surface area contributed by atoms with E-state index in [0.29, 0.717) is 35.6 Å². The Bertz CT molecular complexity index is 2010. The van der Waals surface area contributed by atoms with Gasteiger partial charge in [-0.3, -0.25) is 9.42 Å². The van der Waals surface area contributed by atoms with Crippen molar-refractivity contribution in [3.8, 4) is 23.5 Å². The number of nitrogens with zero attached hydrogens (tertiary/aromatic N) is 3. The van der Waals surface area contributed by atoms with E-state index >= 15 is 0 Å². The molecule has 0 spiro atoms. The van der Waals surface area contributed by atoms with Gasteiger partial charge < -0.3 is 24.7 Å². The number of sulfone groups is 1. The lowest BCUT2D eigenvalue weighted by molar-refractivity contribution is -0.832. The Kier molecular flexibility index (Phi) is 15.2. The fourth-order valence-corrected chi connectivity index (χ4v) is 7.84. The number of ether oxygens (including phenoxy) is 2. The highest BCUT2D eigenvalue weighted by atomic mass is 32.2. The third-order valence-electron chi connectivity index (χ3n) is 8.32. The number of esters is 1. The summed E-state index contributed by atoms with van der Waals surface area (Å²) in [6.45, 7) is 8.16. The van der Waals surface area contributed by atoms with Crippen molar-refractivity contribution < 1.29 is 42.1 Å². The normalized spacial score (nSPS) is 14.7. The molecule has 2 aromatic carbocycles. The Balaban J connectivity index is 1.29. The molecule has 1 aliphatic heterocycles. The van der Waals surface area contributed by atoms with E-state index in [1.165, 1.54) is 63.7 Å². The third-order valence-corrected chi connectivity index (χ3v) is 11.0. The molecular formula is C39H45N3O9S2. The number of carbonyl (C=O) groups excluding carboxylic acids is 2. The molecular weight excluding hydrogens is 719 g/mol. The molecule has 3 aromatic rings. The molecule has 1 N–H and O–H groups in total. The second-order valence-electron chi connectivity index (χ2n) is 12.7. The third kappa shape index (κ3) is 11.8. The first-order valence-corrected chi connectivity index (χ1v) is 19.7. The Morgan fingerprint density at radius 2 is 1.74 bits per heavy atom. The van der Waals surface area contributed by atoms with Crippen LogP contribution in [0.3, 0.4) is 0 Å².